The fourth-order valence-electron chi connectivity index (χ4n) is 3.09. The van der Waals surface area contributed by atoms with Gasteiger partial charge in [0.15, 0.2) is 6.19 Å². The molecule has 2 aromatic heterocycles. The number of nitrogen functional groups attached to an aromatic ring is 1. The van der Waals surface area contributed by atoms with E-state index in [2.05, 4.69) is 16.3 Å². The van der Waals surface area contributed by atoms with E-state index >= 15 is 0 Å². The van der Waals surface area contributed by atoms with Crippen molar-refractivity contribution in [2.45, 2.75) is 6.04 Å². The molecule has 0 saturated carbocycles. The Bertz CT molecular complexity index is 1100. The van der Waals surface area contributed by atoms with Crippen LogP contribution in [0.15, 0.2) is 42.6 Å². The number of amides is 1. The average molecular weight is 410 g/mol. The Morgan fingerprint density at radius 2 is 1.97 bits per heavy atom. The molecule has 4 N–H and O–H groups in total. The topological polar surface area (TPSA) is 136 Å². The first-order chi connectivity index (χ1) is 14.0. The lowest BCUT2D eigenvalue weighted by atomic mass is 10.1. The van der Waals surface area contributed by atoms with Crippen molar-refractivity contribution < 1.29 is 9.53 Å². The number of anilines is 1. The summed E-state index contributed by atoms with van der Waals surface area (Å²) in [5.41, 5.74) is 12.9. The Morgan fingerprint density at radius 3 is 2.55 bits per heavy atom. The number of hydrogen-bond donors (Lipinski definition) is 2. The van der Waals surface area contributed by atoms with E-state index in [4.69, 9.17) is 33.1 Å². The van der Waals surface area contributed by atoms with E-state index in [1.807, 2.05) is 0 Å². The van der Waals surface area contributed by atoms with E-state index in [1.165, 1.54) is 6.20 Å². The van der Waals surface area contributed by atoms with Crippen LogP contribution in [0.1, 0.15) is 16.4 Å². The molecule has 0 radical (unpaired) electrons. The van der Waals surface area contributed by atoms with Crippen molar-refractivity contribution in [3.8, 4) is 29.1 Å². The Balaban J connectivity index is 1.61. The molecule has 0 bridgehead atoms. The van der Waals surface area contributed by atoms with Gasteiger partial charge in [-0.2, -0.15) is 10.4 Å². The minimum atomic E-state index is -0.661. The molecular weight excluding hydrogens is 394 g/mol. The van der Waals surface area contributed by atoms with Crippen LogP contribution in [0.3, 0.4) is 0 Å². The molecule has 1 amide bonds. The molecule has 1 fully saturated rings. The number of halogens is 1. The molecule has 9 nitrogen and oxygen atoms in total. The second kappa shape index (κ2) is 7.33. The van der Waals surface area contributed by atoms with Crippen LogP contribution in [0.4, 0.5) is 5.82 Å². The molecular formula is C19H16ClN7O2. The number of pyridine rings is 1. The van der Waals surface area contributed by atoms with E-state index in [-0.39, 0.29) is 17.4 Å². The SMILES string of the molecule is N#CN1CC(n2nc(-c3ccc(Oc4ccc(Cl)cn4)cc3)c(C(N)=O)c2N)C1. The summed E-state index contributed by atoms with van der Waals surface area (Å²) < 4.78 is 7.23. The van der Waals surface area contributed by atoms with E-state index in [9.17, 15) is 4.79 Å². The third-order valence-electron chi connectivity index (χ3n) is 4.59. The number of nitrogens with zero attached hydrogens (tertiary/aromatic N) is 5. The third kappa shape index (κ3) is 3.53. The normalized spacial score (nSPS) is 13.6. The summed E-state index contributed by atoms with van der Waals surface area (Å²) in [6.45, 7) is 0.974. The fourth-order valence-corrected chi connectivity index (χ4v) is 3.20. The molecule has 0 spiro atoms. The number of ether oxygens (including phenoxy) is 1. The first-order valence-electron chi connectivity index (χ1n) is 8.68. The lowest BCUT2D eigenvalue weighted by molar-refractivity contribution is 0.100. The number of hydrogen-bond acceptors (Lipinski definition) is 7. The second-order valence-electron chi connectivity index (χ2n) is 6.52. The van der Waals surface area contributed by atoms with Crippen molar-refractivity contribution in [3.05, 3.63) is 53.2 Å². The summed E-state index contributed by atoms with van der Waals surface area (Å²) in [5.74, 6) is 0.493. The molecule has 1 aliphatic heterocycles. The smallest absolute Gasteiger partial charge is 0.254 e. The summed E-state index contributed by atoms with van der Waals surface area (Å²) in [7, 11) is 0. The molecule has 0 unspecified atom stereocenters. The van der Waals surface area contributed by atoms with E-state index in [1.54, 1.807) is 46.0 Å². The van der Waals surface area contributed by atoms with Crippen LogP contribution in [0.25, 0.3) is 11.3 Å². The summed E-state index contributed by atoms with van der Waals surface area (Å²) in [6, 6.07) is 10.2. The zero-order valence-corrected chi connectivity index (χ0v) is 15.9. The molecule has 0 atom stereocenters. The maximum atomic E-state index is 12.0. The fraction of sp³-hybridized carbons (Fsp3) is 0.158. The van der Waals surface area contributed by atoms with Crippen LogP contribution < -0.4 is 16.2 Å². The molecule has 4 rings (SSSR count). The molecule has 1 aliphatic rings. The maximum absolute atomic E-state index is 12.0. The van der Waals surface area contributed by atoms with Gasteiger partial charge >= 0.3 is 0 Å². The highest BCUT2D eigenvalue weighted by atomic mass is 35.5. The number of carbonyl (C=O) groups excluding carboxylic acids is 1. The number of nitriles is 1. The van der Waals surface area contributed by atoms with Gasteiger partial charge in [-0.25, -0.2) is 9.67 Å². The highest BCUT2D eigenvalue weighted by molar-refractivity contribution is 6.30. The first-order valence-corrected chi connectivity index (χ1v) is 9.06. The van der Waals surface area contributed by atoms with Crippen molar-refractivity contribution in [2.24, 2.45) is 5.73 Å². The van der Waals surface area contributed by atoms with Gasteiger partial charge in [0.25, 0.3) is 5.91 Å². The molecule has 1 saturated heterocycles. The number of nitrogens with two attached hydrogens (primary N) is 2. The quantitative estimate of drug-likeness (QED) is 0.617. The zero-order chi connectivity index (χ0) is 20.5. The van der Waals surface area contributed by atoms with Gasteiger partial charge in [-0.3, -0.25) is 4.79 Å². The monoisotopic (exact) mass is 409 g/mol. The van der Waals surface area contributed by atoms with Crippen molar-refractivity contribution in [3.63, 3.8) is 0 Å². The number of primary amides is 1. The second-order valence-corrected chi connectivity index (χ2v) is 6.95. The van der Waals surface area contributed by atoms with Gasteiger partial charge in [-0.1, -0.05) is 11.6 Å². The van der Waals surface area contributed by atoms with Gasteiger partial charge in [-0.15, -0.1) is 0 Å². The number of carbonyl (C=O) groups is 1. The lowest BCUT2D eigenvalue weighted by Crippen LogP contribution is -2.45. The number of aromatic nitrogens is 3. The molecule has 3 heterocycles. The maximum Gasteiger partial charge on any atom is 0.254 e. The molecule has 29 heavy (non-hydrogen) atoms. The van der Waals surface area contributed by atoms with Gasteiger partial charge in [0, 0.05) is 17.8 Å². The number of likely N-dealkylation sites (tertiary alicyclic amines) is 1. The predicted molar refractivity (Wildman–Crippen MR) is 106 cm³/mol. The van der Waals surface area contributed by atoms with Gasteiger partial charge in [0.05, 0.1) is 24.2 Å². The highest BCUT2D eigenvalue weighted by Gasteiger charge is 2.32. The number of benzene rings is 1. The highest BCUT2D eigenvalue weighted by Crippen LogP contribution is 2.33. The van der Waals surface area contributed by atoms with Crippen LogP contribution in [-0.4, -0.2) is 38.7 Å². The predicted octanol–water partition coefficient (Wildman–Crippen LogP) is 2.41. The van der Waals surface area contributed by atoms with Crippen LogP contribution in [0, 0.1) is 11.5 Å². The molecule has 10 heteroatoms. The van der Waals surface area contributed by atoms with Crippen LogP contribution in [-0.2, 0) is 0 Å². The minimum Gasteiger partial charge on any atom is -0.439 e. The molecule has 3 aromatic rings. The Hall–Kier alpha value is -3.77. The van der Waals surface area contributed by atoms with Crippen LogP contribution >= 0.6 is 11.6 Å². The summed E-state index contributed by atoms with van der Waals surface area (Å²) in [4.78, 5) is 17.7. The van der Waals surface area contributed by atoms with Gasteiger partial charge in [-0.05, 0) is 30.3 Å². The van der Waals surface area contributed by atoms with Gasteiger partial charge in [0.1, 0.15) is 22.8 Å². The van der Waals surface area contributed by atoms with Gasteiger partial charge in [0.2, 0.25) is 5.88 Å². The standard InChI is InChI=1S/C19H16ClN7O2/c20-12-3-6-15(24-7-12)29-14-4-1-11(2-5-14)17-16(19(23)28)18(22)27(25-17)13-8-26(9-13)10-21/h1-7,13H,8-9,22H2,(H2,23,28). The summed E-state index contributed by atoms with van der Waals surface area (Å²) in [6.07, 6.45) is 3.55. The van der Waals surface area contributed by atoms with E-state index in [0.29, 0.717) is 41.0 Å². The Morgan fingerprint density at radius 1 is 1.24 bits per heavy atom. The van der Waals surface area contributed by atoms with Crippen LogP contribution in [0.2, 0.25) is 5.02 Å². The first kappa shape index (κ1) is 18.6. The number of rotatable bonds is 5. The lowest BCUT2D eigenvalue weighted by Gasteiger charge is -2.35. The molecule has 0 aliphatic carbocycles. The van der Waals surface area contributed by atoms with E-state index < -0.39 is 5.91 Å². The zero-order valence-electron chi connectivity index (χ0n) is 15.1. The van der Waals surface area contributed by atoms with Gasteiger partial charge < -0.3 is 21.1 Å². The molecule has 146 valence electrons. The van der Waals surface area contributed by atoms with Crippen molar-refractivity contribution >= 4 is 23.3 Å². The Kier molecular flexibility index (Phi) is 4.70. The van der Waals surface area contributed by atoms with Crippen molar-refractivity contribution in [2.75, 3.05) is 18.8 Å². The van der Waals surface area contributed by atoms with Crippen LogP contribution in [0.5, 0.6) is 11.6 Å². The minimum absolute atomic E-state index is 0.0833. The summed E-state index contributed by atoms with van der Waals surface area (Å²) in [5, 5.41) is 13.9. The van der Waals surface area contributed by atoms with E-state index in [0.717, 1.165) is 0 Å². The largest absolute Gasteiger partial charge is 0.439 e. The molecule has 1 aromatic carbocycles. The van der Waals surface area contributed by atoms with Crippen molar-refractivity contribution in [1.29, 1.82) is 5.26 Å². The Labute approximate surface area is 171 Å². The summed E-state index contributed by atoms with van der Waals surface area (Å²) >= 11 is 5.82. The third-order valence-corrected chi connectivity index (χ3v) is 4.82. The average Bonchev–Trinajstić information content (AvgIpc) is 3.01. The van der Waals surface area contributed by atoms with Crippen molar-refractivity contribution in [1.82, 2.24) is 19.7 Å².